The summed E-state index contributed by atoms with van der Waals surface area (Å²) in [5, 5.41) is 0. The van der Waals surface area contributed by atoms with Crippen LogP contribution in [0.15, 0.2) is 0 Å². The summed E-state index contributed by atoms with van der Waals surface area (Å²) in [5.74, 6) is 0.733. The van der Waals surface area contributed by atoms with Crippen LogP contribution in [-0.2, 0) is 4.74 Å². The van der Waals surface area contributed by atoms with Gasteiger partial charge in [-0.3, -0.25) is 0 Å². The summed E-state index contributed by atoms with van der Waals surface area (Å²) in [6.45, 7) is 6.02. The van der Waals surface area contributed by atoms with Gasteiger partial charge in [-0.05, 0) is 45.4 Å². The Kier molecular flexibility index (Phi) is 5.60. The molecule has 4 heteroatoms. The van der Waals surface area contributed by atoms with Crippen molar-refractivity contribution in [1.82, 2.24) is 4.90 Å². The lowest BCUT2D eigenvalue weighted by molar-refractivity contribution is 0.0905. The summed E-state index contributed by atoms with van der Waals surface area (Å²) >= 11 is 0. The quantitative estimate of drug-likeness (QED) is 0.800. The lowest BCUT2D eigenvalue weighted by atomic mass is 9.91. The molecule has 1 atom stereocenters. The fourth-order valence-electron chi connectivity index (χ4n) is 2.12. The molecule has 0 aromatic carbocycles. The van der Waals surface area contributed by atoms with Crippen molar-refractivity contribution in [3.63, 3.8) is 0 Å². The van der Waals surface area contributed by atoms with Gasteiger partial charge in [0, 0.05) is 19.1 Å². The molecule has 0 aromatic rings. The van der Waals surface area contributed by atoms with E-state index in [9.17, 15) is 4.79 Å². The minimum atomic E-state index is -0.159. The molecule has 1 aliphatic heterocycles. The van der Waals surface area contributed by atoms with Gasteiger partial charge in [-0.2, -0.15) is 0 Å². The maximum atomic E-state index is 11.5. The number of piperidine rings is 1. The van der Waals surface area contributed by atoms with Crippen molar-refractivity contribution in [2.24, 2.45) is 11.7 Å². The molecular formula is C12H24N2O2. The average Bonchev–Trinajstić information content (AvgIpc) is 2.27. The molecule has 1 aliphatic rings. The zero-order valence-electron chi connectivity index (χ0n) is 10.4. The van der Waals surface area contributed by atoms with Gasteiger partial charge in [0.25, 0.3) is 0 Å². The van der Waals surface area contributed by atoms with E-state index in [1.807, 2.05) is 18.7 Å². The summed E-state index contributed by atoms with van der Waals surface area (Å²) in [4.78, 5) is 13.3. The van der Waals surface area contributed by atoms with Gasteiger partial charge in [-0.25, -0.2) is 4.79 Å². The Morgan fingerprint density at radius 2 is 2.12 bits per heavy atom. The second-order valence-electron chi connectivity index (χ2n) is 4.68. The number of carbonyl (C=O) groups is 1. The molecule has 0 unspecified atom stereocenters. The number of nitrogens with zero attached hydrogens (tertiary/aromatic N) is 1. The highest BCUT2D eigenvalue weighted by Gasteiger charge is 2.23. The number of hydrogen-bond acceptors (Lipinski definition) is 3. The van der Waals surface area contributed by atoms with Crippen LogP contribution in [0.5, 0.6) is 0 Å². The van der Waals surface area contributed by atoms with Gasteiger partial charge in [-0.1, -0.05) is 0 Å². The first kappa shape index (κ1) is 13.3. The Labute approximate surface area is 98.1 Å². The van der Waals surface area contributed by atoms with Crippen LogP contribution in [0.1, 0.15) is 39.5 Å². The Morgan fingerprint density at radius 1 is 1.50 bits per heavy atom. The van der Waals surface area contributed by atoms with Crippen LogP contribution >= 0.6 is 0 Å². The number of rotatable bonds is 4. The van der Waals surface area contributed by atoms with E-state index < -0.39 is 0 Å². The van der Waals surface area contributed by atoms with E-state index in [1.165, 1.54) is 6.42 Å². The van der Waals surface area contributed by atoms with E-state index >= 15 is 0 Å². The van der Waals surface area contributed by atoms with Crippen molar-refractivity contribution < 1.29 is 9.53 Å². The number of ether oxygens (including phenoxy) is 1. The first-order valence-electron chi connectivity index (χ1n) is 6.30. The van der Waals surface area contributed by atoms with Gasteiger partial charge in [0.05, 0.1) is 6.61 Å². The third-order valence-electron chi connectivity index (χ3n) is 3.17. The van der Waals surface area contributed by atoms with Gasteiger partial charge >= 0.3 is 6.09 Å². The zero-order valence-corrected chi connectivity index (χ0v) is 10.4. The number of nitrogens with two attached hydrogens (primary N) is 1. The van der Waals surface area contributed by atoms with Crippen LogP contribution in [0.2, 0.25) is 0 Å². The maximum absolute atomic E-state index is 11.5. The molecule has 0 aliphatic carbocycles. The topological polar surface area (TPSA) is 55.6 Å². The monoisotopic (exact) mass is 228 g/mol. The molecule has 0 saturated carbocycles. The first-order chi connectivity index (χ1) is 7.63. The zero-order chi connectivity index (χ0) is 12.0. The van der Waals surface area contributed by atoms with E-state index in [0.29, 0.717) is 12.6 Å². The molecule has 1 heterocycles. The van der Waals surface area contributed by atoms with Gasteiger partial charge in [0.2, 0.25) is 0 Å². The maximum Gasteiger partial charge on any atom is 0.409 e. The smallest absolute Gasteiger partial charge is 0.409 e. The number of amides is 1. The van der Waals surface area contributed by atoms with Crippen molar-refractivity contribution in [2.75, 3.05) is 19.7 Å². The standard InChI is InChI=1S/C12H24N2O2/c1-3-16-12(15)14-8-6-11(7-9-14)5-4-10(2)13/h10-11H,3-9,13H2,1-2H3/t10-/m0/s1. The molecule has 4 nitrogen and oxygen atoms in total. The summed E-state index contributed by atoms with van der Waals surface area (Å²) in [7, 11) is 0. The van der Waals surface area contributed by atoms with E-state index in [2.05, 4.69) is 0 Å². The first-order valence-corrected chi connectivity index (χ1v) is 6.30. The van der Waals surface area contributed by atoms with E-state index in [-0.39, 0.29) is 6.09 Å². The molecule has 1 fully saturated rings. The SMILES string of the molecule is CCOC(=O)N1CCC(CC[C@H](C)N)CC1. The van der Waals surface area contributed by atoms with Crippen LogP contribution in [0.4, 0.5) is 4.79 Å². The molecule has 0 spiro atoms. The van der Waals surface area contributed by atoms with Crippen LogP contribution in [0, 0.1) is 5.92 Å². The predicted octanol–water partition coefficient (Wildman–Crippen LogP) is 1.98. The molecule has 0 bridgehead atoms. The third-order valence-corrected chi connectivity index (χ3v) is 3.17. The van der Waals surface area contributed by atoms with Crippen LogP contribution in [-0.4, -0.2) is 36.7 Å². The molecule has 1 amide bonds. The van der Waals surface area contributed by atoms with Gasteiger partial charge in [-0.15, -0.1) is 0 Å². The fourth-order valence-corrected chi connectivity index (χ4v) is 2.12. The molecule has 0 radical (unpaired) electrons. The van der Waals surface area contributed by atoms with Gasteiger partial charge < -0.3 is 15.4 Å². The molecule has 1 rings (SSSR count). The lowest BCUT2D eigenvalue weighted by Crippen LogP contribution is -2.39. The summed E-state index contributed by atoms with van der Waals surface area (Å²) in [6, 6.07) is 0.295. The van der Waals surface area contributed by atoms with Crippen molar-refractivity contribution in [2.45, 2.75) is 45.6 Å². The highest BCUT2D eigenvalue weighted by molar-refractivity contribution is 5.67. The van der Waals surface area contributed by atoms with Crippen molar-refractivity contribution in [1.29, 1.82) is 0 Å². The number of carbonyl (C=O) groups excluding carboxylic acids is 1. The van der Waals surface area contributed by atoms with Crippen molar-refractivity contribution in [3.8, 4) is 0 Å². The Hall–Kier alpha value is -0.770. The van der Waals surface area contributed by atoms with E-state index in [4.69, 9.17) is 10.5 Å². The highest BCUT2D eigenvalue weighted by atomic mass is 16.6. The Balaban J connectivity index is 2.20. The number of hydrogen-bond donors (Lipinski definition) is 1. The minimum absolute atomic E-state index is 0.159. The minimum Gasteiger partial charge on any atom is -0.450 e. The third kappa shape index (κ3) is 4.39. The highest BCUT2D eigenvalue weighted by Crippen LogP contribution is 2.22. The predicted molar refractivity (Wildman–Crippen MR) is 64.2 cm³/mol. The summed E-state index contributed by atoms with van der Waals surface area (Å²) < 4.78 is 4.98. The van der Waals surface area contributed by atoms with E-state index in [1.54, 1.807) is 0 Å². The van der Waals surface area contributed by atoms with Crippen molar-refractivity contribution >= 4 is 6.09 Å². The van der Waals surface area contributed by atoms with Crippen LogP contribution in [0.3, 0.4) is 0 Å². The molecule has 0 aromatic heterocycles. The van der Waals surface area contributed by atoms with Crippen LogP contribution in [0.25, 0.3) is 0 Å². The normalized spacial score (nSPS) is 19.6. The van der Waals surface area contributed by atoms with Crippen molar-refractivity contribution in [3.05, 3.63) is 0 Å². The summed E-state index contributed by atoms with van der Waals surface area (Å²) in [5.41, 5.74) is 5.74. The largest absolute Gasteiger partial charge is 0.450 e. The van der Waals surface area contributed by atoms with Crippen LogP contribution < -0.4 is 5.73 Å². The molecule has 2 N–H and O–H groups in total. The second kappa shape index (κ2) is 6.74. The van der Waals surface area contributed by atoms with Gasteiger partial charge in [0.15, 0.2) is 0 Å². The van der Waals surface area contributed by atoms with E-state index in [0.717, 1.165) is 38.3 Å². The molecule has 1 saturated heterocycles. The molecule has 94 valence electrons. The Bertz CT molecular complexity index is 211. The second-order valence-corrected chi connectivity index (χ2v) is 4.68. The average molecular weight is 228 g/mol. The Morgan fingerprint density at radius 3 is 2.62 bits per heavy atom. The lowest BCUT2D eigenvalue weighted by Gasteiger charge is -2.31. The summed E-state index contributed by atoms with van der Waals surface area (Å²) in [6.07, 6.45) is 4.29. The molecular weight excluding hydrogens is 204 g/mol. The fraction of sp³-hybridized carbons (Fsp3) is 0.917. The van der Waals surface area contributed by atoms with Gasteiger partial charge in [0.1, 0.15) is 0 Å². The molecule has 16 heavy (non-hydrogen) atoms. The number of likely N-dealkylation sites (tertiary alicyclic amines) is 1.